The largest absolute Gasteiger partial charge is 0.573 e. The Hall–Kier alpha value is -3.57. The number of halogens is 6. The van der Waals surface area contributed by atoms with Gasteiger partial charge in [0.15, 0.2) is 0 Å². The number of alkyl halides is 6. The third-order valence-corrected chi connectivity index (χ3v) is 4.30. The molecule has 3 amide bonds. The molecule has 164 valence electrons. The van der Waals surface area contributed by atoms with Crippen molar-refractivity contribution in [1.82, 2.24) is 0 Å². The lowest BCUT2D eigenvalue weighted by molar-refractivity contribution is -0.274. The zero-order valence-corrected chi connectivity index (χ0v) is 15.3. The summed E-state index contributed by atoms with van der Waals surface area (Å²) in [6.45, 7) is 0. The molecule has 1 fully saturated rings. The number of hydrogen-bond acceptors (Lipinski definition) is 4. The van der Waals surface area contributed by atoms with E-state index in [4.69, 9.17) is 0 Å². The normalized spacial score (nSPS) is 17.1. The van der Waals surface area contributed by atoms with Crippen LogP contribution < -0.4 is 15.0 Å². The highest BCUT2D eigenvalue weighted by Gasteiger charge is 2.41. The Balaban J connectivity index is 1.73. The summed E-state index contributed by atoms with van der Waals surface area (Å²) in [5.41, 5.74) is 0.212. The van der Waals surface area contributed by atoms with E-state index in [1.54, 1.807) is 5.32 Å². The molecule has 1 N–H and O–H groups in total. The zero-order chi connectivity index (χ0) is 23.0. The van der Waals surface area contributed by atoms with E-state index < -0.39 is 41.9 Å². The summed E-state index contributed by atoms with van der Waals surface area (Å²) < 4.78 is 77.4. The Labute approximate surface area is 170 Å². The third kappa shape index (κ3) is 5.13. The second-order valence-electron chi connectivity index (χ2n) is 6.44. The van der Waals surface area contributed by atoms with Gasteiger partial charge in [0.1, 0.15) is 5.75 Å². The Bertz CT molecular complexity index is 1000. The van der Waals surface area contributed by atoms with Crippen LogP contribution in [0.5, 0.6) is 5.75 Å². The molecule has 1 heterocycles. The van der Waals surface area contributed by atoms with Gasteiger partial charge < -0.3 is 10.1 Å². The fraction of sp³-hybridized carbons (Fsp3) is 0.211. The monoisotopic (exact) mass is 446 g/mol. The van der Waals surface area contributed by atoms with Gasteiger partial charge in [0.05, 0.1) is 11.6 Å². The molecule has 1 saturated heterocycles. The number of amides is 3. The summed E-state index contributed by atoms with van der Waals surface area (Å²) in [5, 5.41) is 1.66. The first kappa shape index (κ1) is 22.1. The van der Waals surface area contributed by atoms with Crippen molar-refractivity contribution in [2.24, 2.45) is 0 Å². The predicted octanol–water partition coefficient (Wildman–Crippen LogP) is 4.13. The van der Waals surface area contributed by atoms with Crippen molar-refractivity contribution < 1.29 is 45.5 Å². The Morgan fingerprint density at radius 2 is 1.52 bits per heavy atom. The first-order valence-electron chi connectivity index (χ1n) is 8.56. The summed E-state index contributed by atoms with van der Waals surface area (Å²) in [6.07, 6.45) is -10.2. The number of hydrogen-bond donors (Lipinski definition) is 1. The van der Waals surface area contributed by atoms with Crippen LogP contribution in [0.3, 0.4) is 0 Å². The summed E-state index contributed by atoms with van der Waals surface area (Å²) in [6, 6.07) is 9.05. The minimum Gasteiger partial charge on any atom is -0.406 e. The molecule has 1 atom stereocenters. The van der Waals surface area contributed by atoms with Crippen LogP contribution in [0.15, 0.2) is 48.5 Å². The molecule has 12 heteroatoms. The zero-order valence-electron chi connectivity index (χ0n) is 15.3. The van der Waals surface area contributed by atoms with Crippen molar-refractivity contribution in [1.29, 1.82) is 0 Å². The van der Waals surface area contributed by atoms with Gasteiger partial charge in [0.2, 0.25) is 11.8 Å². The van der Waals surface area contributed by atoms with Crippen LogP contribution in [0.1, 0.15) is 17.9 Å². The van der Waals surface area contributed by atoms with E-state index in [2.05, 4.69) is 4.74 Å². The SMILES string of the molecule is O=C1C[C@@H](c2ccc(NC(=O)C(F)(F)F)cc2)C(=O)N1c1ccc(OC(F)(F)F)cc1. The van der Waals surface area contributed by atoms with Crippen molar-refractivity contribution in [3.63, 3.8) is 0 Å². The van der Waals surface area contributed by atoms with Gasteiger partial charge in [-0.2, -0.15) is 13.2 Å². The predicted molar refractivity (Wildman–Crippen MR) is 94.1 cm³/mol. The van der Waals surface area contributed by atoms with Crippen molar-refractivity contribution >= 4 is 29.1 Å². The lowest BCUT2D eigenvalue weighted by Gasteiger charge is -2.16. The lowest BCUT2D eigenvalue weighted by atomic mass is 9.97. The average molecular weight is 446 g/mol. The molecule has 3 rings (SSSR count). The molecule has 6 nitrogen and oxygen atoms in total. The molecule has 2 aromatic rings. The number of carbonyl (C=O) groups excluding carboxylic acids is 3. The molecule has 0 spiro atoms. The van der Waals surface area contributed by atoms with E-state index in [9.17, 15) is 40.7 Å². The smallest absolute Gasteiger partial charge is 0.406 e. The van der Waals surface area contributed by atoms with Gasteiger partial charge in [-0.1, -0.05) is 12.1 Å². The van der Waals surface area contributed by atoms with Gasteiger partial charge in [-0.25, -0.2) is 0 Å². The maximum absolute atomic E-state index is 12.7. The molecular weight excluding hydrogens is 434 g/mol. The van der Waals surface area contributed by atoms with E-state index in [0.29, 0.717) is 5.56 Å². The van der Waals surface area contributed by atoms with Gasteiger partial charge in [-0.3, -0.25) is 19.3 Å². The number of carbonyl (C=O) groups is 3. The highest BCUT2D eigenvalue weighted by molar-refractivity contribution is 6.22. The number of anilines is 2. The third-order valence-electron chi connectivity index (χ3n) is 4.30. The minimum absolute atomic E-state index is 0.0427. The molecule has 2 aromatic carbocycles. The van der Waals surface area contributed by atoms with E-state index >= 15 is 0 Å². The molecule has 1 aliphatic heterocycles. The van der Waals surface area contributed by atoms with E-state index in [-0.39, 0.29) is 17.8 Å². The van der Waals surface area contributed by atoms with Crippen LogP contribution in [-0.4, -0.2) is 30.3 Å². The Kier molecular flexibility index (Phi) is 5.66. The fourth-order valence-electron chi connectivity index (χ4n) is 2.96. The maximum atomic E-state index is 12.7. The quantitative estimate of drug-likeness (QED) is 0.566. The minimum atomic E-state index is -5.06. The van der Waals surface area contributed by atoms with Gasteiger partial charge in [0.25, 0.3) is 0 Å². The number of imide groups is 1. The highest BCUT2D eigenvalue weighted by Crippen LogP contribution is 2.35. The van der Waals surface area contributed by atoms with E-state index in [1.807, 2.05) is 0 Å². The molecule has 0 saturated carbocycles. The van der Waals surface area contributed by atoms with Crippen molar-refractivity contribution in [3.8, 4) is 5.75 Å². The van der Waals surface area contributed by atoms with E-state index in [1.165, 1.54) is 12.1 Å². The fourth-order valence-corrected chi connectivity index (χ4v) is 2.96. The molecule has 1 aliphatic rings. The highest BCUT2D eigenvalue weighted by atomic mass is 19.4. The summed E-state index contributed by atoms with van der Waals surface area (Å²) in [5.74, 6) is -4.87. The van der Waals surface area contributed by atoms with Crippen molar-refractivity contribution in [3.05, 3.63) is 54.1 Å². The van der Waals surface area contributed by atoms with Gasteiger partial charge in [-0.05, 0) is 42.0 Å². The van der Waals surface area contributed by atoms with Gasteiger partial charge in [-0.15, -0.1) is 13.2 Å². The van der Waals surface area contributed by atoms with Crippen LogP contribution >= 0.6 is 0 Å². The lowest BCUT2D eigenvalue weighted by Crippen LogP contribution is -2.30. The topological polar surface area (TPSA) is 75.7 Å². The number of benzene rings is 2. The number of ether oxygens (including phenoxy) is 1. The first-order valence-corrected chi connectivity index (χ1v) is 8.56. The molecule has 0 aromatic heterocycles. The maximum Gasteiger partial charge on any atom is 0.573 e. The number of rotatable bonds is 4. The second kappa shape index (κ2) is 7.93. The molecule has 0 unspecified atom stereocenters. The first-order chi connectivity index (χ1) is 14.3. The number of nitrogens with zero attached hydrogens (tertiary/aromatic N) is 1. The number of nitrogens with one attached hydrogen (secondary N) is 1. The second-order valence-corrected chi connectivity index (χ2v) is 6.44. The Morgan fingerprint density at radius 1 is 0.935 bits per heavy atom. The average Bonchev–Trinajstić information content (AvgIpc) is 2.95. The summed E-state index contributed by atoms with van der Waals surface area (Å²) >= 11 is 0. The van der Waals surface area contributed by atoms with Crippen LogP contribution in [-0.2, 0) is 14.4 Å². The summed E-state index contributed by atoms with van der Waals surface area (Å²) in [7, 11) is 0. The van der Waals surface area contributed by atoms with Crippen molar-refractivity contribution in [2.75, 3.05) is 10.2 Å². The van der Waals surface area contributed by atoms with Crippen LogP contribution in [0, 0.1) is 0 Å². The van der Waals surface area contributed by atoms with Crippen LogP contribution in [0.2, 0.25) is 0 Å². The Morgan fingerprint density at radius 3 is 2.03 bits per heavy atom. The van der Waals surface area contributed by atoms with Crippen LogP contribution in [0.4, 0.5) is 37.7 Å². The van der Waals surface area contributed by atoms with Gasteiger partial charge in [0, 0.05) is 12.1 Å². The molecule has 0 bridgehead atoms. The summed E-state index contributed by atoms with van der Waals surface area (Å²) in [4.78, 5) is 36.8. The van der Waals surface area contributed by atoms with Gasteiger partial charge >= 0.3 is 18.4 Å². The molecule has 0 aliphatic carbocycles. The molecular formula is C19H12F6N2O4. The molecule has 0 radical (unpaired) electrons. The van der Waals surface area contributed by atoms with Crippen molar-refractivity contribution in [2.45, 2.75) is 24.9 Å². The van der Waals surface area contributed by atoms with E-state index in [0.717, 1.165) is 41.3 Å². The molecule has 31 heavy (non-hydrogen) atoms. The standard InChI is InChI=1S/C19H12F6N2O4/c20-18(21,22)17(30)26-11-3-1-10(2-4-11)14-9-15(28)27(16(14)29)12-5-7-13(8-6-12)31-19(23,24)25/h1-8,14H,9H2,(H,26,30)/t14-/m0/s1. The van der Waals surface area contributed by atoms with Crippen LogP contribution in [0.25, 0.3) is 0 Å².